The molecular formula is C19H14F3N3O2. The van der Waals surface area contributed by atoms with Crippen LogP contribution in [0.4, 0.5) is 13.2 Å². The zero-order valence-corrected chi connectivity index (χ0v) is 14.4. The fourth-order valence-corrected chi connectivity index (χ4v) is 2.96. The number of aromatic nitrogens is 3. The molecule has 4 aromatic rings. The molecule has 0 radical (unpaired) electrons. The molecule has 138 valence electrons. The van der Waals surface area contributed by atoms with E-state index >= 15 is 0 Å². The molecule has 2 aromatic heterocycles. The summed E-state index contributed by atoms with van der Waals surface area (Å²) >= 11 is 0. The number of methoxy groups -OCH3 is 2. The Morgan fingerprint density at radius 1 is 0.926 bits per heavy atom. The molecule has 0 aliphatic carbocycles. The van der Waals surface area contributed by atoms with E-state index in [1.807, 2.05) is 0 Å². The van der Waals surface area contributed by atoms with Gasteiger partial charge >= 0.3 is 6.18 Å². The van der Waals surface area contributed by atoms with Crippen molar-refractivity contribution >= 4 is 21.9 Å². The van der Waals surface area contributed by atoms with Gasteiger partial charge in [-0.2, -0.15) is 13.2 Å². The number of benzene rings is 2. The van der Waals surface area contributed by atoms with Crippen LogP contribution < -0.4 is 9.47 Å². The van der Waals surface area contributed by atoms with Crippen molar-refractivity contribution in [3.8, 4) is 22.9 Å². The predicted molar refractivity (Wildman–Crippen MR) is 94.9 cm³/mol. The molecule has 0 aliphatic rings. The van der Waals surface area contributed by atoms with Gasteiger partial charge in [-0.15, -0.1) is 0 Å². The Balaban J connectivity index is 1.94. The molecule has 2 aromatic carbocycles. The largest absolute Gasteiger partial charge is 0.497 e. The van der Waals surface area contributed by atoms with E-state index in [0.717, 1.165) is 17.1 Å². The summed E-state index contributed by atoms with van der Waals surface area (Å²) in [6.07, 6.45) is -4.54. The van der Waals surface area contributed by atoms with Crippen LogP contribution in [0.25, 0.3) is 33.3 Å². The van der Waals surface area contributed by atoms with Crippen molar-refractivity contribution < 1.29 is 22.6 Å². The molecule has 8 heteroatoms. The lowest BCUT2D eigenvalue weighted by molar-refractivity contribution is -0.140. The number of imidazole rings is 1. The predicted octanol–water partition coefficient (Wildman–Crippen LogP) is 4.81. The Labute approximate surface area is 151 Å². The van der Waals surface area contributed by atoms with Gasteiger partial charge in [0.25, 0.3) is 0 Å². The lowest BCUT2D eigenvalue weighted by Gasteiger charge is -2.11. The van der Waals surface area contributed by atoms with Crippen LogP contribution in [0, 0.1) is 0 Å². The van der Waals surface area contributed by atoms with Crippen molar-refractivity contribution in [3.63, 3.8) is 0 Å². The molecule has 5 nitrogen and oxygen atoms in total. The topological polar surface area (TPSA) is 60.0 Å². The van der Waals surface area contributed by atoms with Crippen molar-refractivity contribution in [2.45, 2.75) is 6.18 Å². The number of hydrogen-bond acceptors (Lipinski definition) is 4. The Hall–Kier alpha value is -3.29. The van der Waals surface area contributed by atoms with E-state index in [2.05, 4.69) is 15.0 Å². The summed E-state index contributed by atoms with van der Waals surface area (Å²) < 4.78 is 49.6. The molecule has 0 unspecified atom stereocenters. The third-order valence-corrected chi connectivity index (χ3v) is 4.27. The number of aromatic amines is 1. The number of halogens is 3. The Kier molecular flexibility index (Phi) is 3.91. The average molecular weight is 373 g/mol. The van der Waals surface area contributed by atoms with E-state index in [1.165, 1.54) is 13.2 Å². The minimum atomic E-state index is -4.54. The summed E-state index contributed by atoms with van der Waals surface area (Å²) in [5.41, 5.74) is 1.26. The second-order valence-electron chi connectivity index (χ2n) is 5.87. The zero-order chi connectivity index (χ0) is 19.2. The minimum Gasteiger partial charge on any atom is -0.497 e. The highest BCUT2D eigenvalue weighted by Crippen LogP contribution is 2.36. The van der Waals surface area contributed by atoms with E-state index in [1.54, 1.807) is 37.4 Å². The molecule has 0 saturated heterocycles. The first-order valence-corrected chi connectivity index (χ1v) is 8.00. The SMILES string of the molecule is COc1ccc2nc(-c3ccc(OC)c4nc(C(F)(F)F)ccc34)[nH]c2c1. The van der Waals surface area contributed by atoms with Crippen molar-refractivity contribution in [3.05, 3.63) is 48.2 Å². The molecule has 0 saturated carbocycles. The summed E-state index contributed by atoms with van der Waals surface area (Å²) in [5, 5.41) is 0.508. The van der Waals surface area contributed by atoms with Gasteiger partial charge in [-0.1, -0.05) is 0 Å². The van der Waals surface area contributed by atoms with Crippen LogP contribution in [0.3, 0.4) is 0 Å². The van der Waals surface area contributed by atoms with Crippen LogP contribution in [0.15, 0.2) is 42.5 Å². The van der Waals surface area contributed by atoms with E-state index in [4.69, 9.17) is 9.47 Å². The van der Waals surface area contributed by atoms with Gasteiger partial charge in [0.15, 0.2) is 0 Å². The first kappa shape index (κ1) is 17.1. The normalized spacial score (nSPS) is 11.9. The van der Waals surface area contributed by atoms with Crippen LogP contribution in [-0.4, -0.2) is 29.2 Å². The highest BCUT2D eigenvalue weighted by molar-refractivity contribution is 5.98. The molecule has 0 amide bonds. The Bertz CT molecular complexity index is 1150. The number of pyridine rings is 1. The highest BCUT2D eigenvalue weighted by atomic mass is 19.4. The summed E-state index contributed by atoms with van der Waals surface area (Å²) in [4.78, 5) is 11.5. The number of H-pyrrole nitrogens is 1. The smallest absolute Gasteiger partial charge is 0.433 e. The molecule has 4 rings (SSSR count). The van der Waals surface area contributed by atoms with E-state index in [0.29, 0.717) is 22.5 Å². The van der Waals surface area contributed by atoms with Crippen LogP contribution in [0.1, 0.15) is 5.69 Å². The maximum absolute atomic E-state index is 13.1. The summed E-state index contributed by atoms with van der Waals surface area (Å²) in [5.74, 6) is 1.46. The summed E-state index contributed by atoms with van der Waals surface area (Å²) in [6, 6.07) is 11.1. The standard InChI is InChI=1S/C19H14F3N3O2/c1-26-10-3-6-13-14(9-10)24-18(23-13)12-4-7-15(27-2)17-11(12)5-8-16(25-17)19(20,21)22/h3-9H,1-2H3,(H,23,24). The number of hydrogen-bond donors (Lipinski definition) is 1. The number of rotatable bonds is 3. The maximum Gasteiger partial charge on any atom is 0.433 e. The second-order valence-corrected chi connectivity index (χ2v) is 5.87. The average Bonchev–Trinajstić information content (AvgIpc) is 3.08. The monoisotopic (exact) mass is 373 g/mol. The Morgan fingerprint density at radius 3 is 2.44 bits per heavy atom. The van der Waals surface area contributed by atoms with Crippen LogP contribution in [-0.2, 0) is 6.18 Å². The molecule has 0 atom stereocenters. The number of ether oxygens (including phenoxy) is 2. The van der Waals surface area contributed by atoms with Crippen LogP contribution in [0.5, 0.6) is 11.5 Å². The fourth-order valence-electron chi connectivity index (χ4n) is 2.96. The van der Waals surface area contributed by atoms with Gasteiger partial charge < -0.3 is 14.5 Å². The fraction of sp³-hybridized carbons (Fsp3) is 0.158. The lowest BCUT2D eigenvalue weighted by atomic mass is 10.1. The van der Waals surface area contributed by atoms with Gasteiger partial charge in [-0.3, -0.25) is 0 Å². The van der Waals surface area contributed by atoms with Crippen molar-refractivity contribution in [2.75, 3.05) is 14.2 Å². The molecule has 0 bridgehead atoms. The first-order chi connectivity index (χ1) is 12.9. The molecule has 1 N–H and O–H groups in total. The second kappa shape index (κ2) is 6.15. The minimum absolute atomic E-state index is 0.128. The van der Waals surface area contributed by atoms with Crippen LogP contribution >= 0.6 is 0 Å². The third-order valence-electron chi connectivity index (χ3n) is 4.27. The highest BCUT2D eigenvalue weighted by Gasteiger charge is 2.33. The number of fused-ring (bicyclic) bond motifs is 2. The van der Waals surface area contributed by atoms with E-state index in [-0.39, 0.29) is 11.3 Å². The van der Waals surface area contributed by atoms with Gasteiger partial charge in [0.1, 0.15) is 28.5 Å². The van der Waals surface area contributed by atoms with Gasteiger partial charge in [0, 0.05) is 17.0 Å². The van der Waals surface area contributed by atoms with E-state index < -0.39 is 11.9 Å². The van der Waals surface area contributed by atoms with Crippen LogP contribution in [0.2, 0.25) is 0 Å². The summed E-state index contributed by atoms with van der Waals surface area (Å²) in [6.45, 7) is 0. The van der Waals surface area contributed by atoms with Gasteiger partial charge in [0.05, 0.1) is 25.3 Å². The van der Waals surface area contributed by atoms with Crippen molar-refractivity contribution in [1.29, 1.82) is 0 Å². The maximum atomic E-state index is 13.1. The number of nitrogens with one attached hydrogen (secondary N) is 1. The van der Waals surface area contributed by atoms with Gasteiger partial charge in [-0.05, 0) is 36.4 Å². The number of nitrogens with zero attached hydrogens (tertiary/aromatic N) is 2. The van der Waals surface area contributed by atoms with E-state index in [9.17, 15) is 13.2 Å². The molecular weight excluding hydrogens is 359 g/mol. The van der Waals surface area contributed by atoms with Crippen molar-refractivity contribution in [1.82, 2.24) is 15.0 Å². The zero-order valence-electron chi connectivity index (χ0n) is 14.4. The van der Waals surface area contributed by atoms with Gasteiger partial charge in [-0.25, -0.2) is 9.97 Å². The van der Waals surface area contributed by atoms with Crippen molar-refractivity contribution in [2.24, 2.45) is 0 Å². The third kappa shape index (κ3) is 2.92. The molecule has 27 heavy (non-hydrogen) atoms. The number of alkyl halides is 3. The quantitative estimate of drug-likeness (QED) is 0.560. The molecule has 0 aliphatic heterocycles. The summed E-state index contributed by atoms with van der Waals surface area (Å²) in [7, 11) is 2.96. The molecule has 2 heterocycles. The molecule has 0 fully saturated rings. The first-order valence-electron chi connectivity index (χ1n) is 8.00. The lowest BCUT2D eigenvalue weighted by Crippen LogP contribution is -2.08. The van der Waals surface area contributed by atoms with Gasteiger partial charge in [0.2, 0.25) is 0 Å². The molecule has 0 spiro atoms. The Morgan fingerprint density at radius 2 is 1.74 bits per heavy atom.